The molecule has 3 atom stereocenters. The average Bonchev–Trinajstić information content (AvgIpc) is 3.22. The van der Waals surface area contributed by atoms with Gasteiger partial charge in [0.05, 0.1) is 11.8 Å². The molecule has 1 fully saturated rings. The Hall–Kier alpha value is -4.59. The molecule has 1 saturated heterocycles. The molecule has 1 N–H and O–H groups in total. The van der Waals surface area contributed by atoms with Gasteiger partial charge in [0.25, 0.3) is 5.91 Å². The maximum Gasteiger partial charge on any atom is 0.330 e. The van der Waals surface area contributed by atoms with Gasteiger partial charge in [-0.3, -0.25) is 24.1 Å². The number of nitrogens with one attached hydrogen (secondary N) is 1. The molecule has 3 amide bonds. The SMILES string of the molecule is CC(=O)c1cccc(NC(=O)COC(=O)[C@H](C(C)C)N2C(=O)[C@@H]3C4c5ccccc5C(c5ccccc54)[C@@H]3C2=O)c1. The summed E-state index contributed by atoms with van der Waals surface area (Å²) in [7, 11) is 0. The summed E-state index contributed by atoms with van der Waals surface area (Å²) in [6, 6.07) is 21.2. The topological polar surface area (TPSA) is 110 Å². The normalized spacial score (nSPS) is 22.6. The minimum Gasteiger partial charge on any atom is -0.454 e. The summed E-state index contributed by atoms with van der Waals surface area (Å²) in [6.45, 7) is 4.33. The third kappa shape index (κ3) is 4.25. The van der Waals surface area contributed by atoms with Gasteiger partial charge in [0.2, 0.25) is 11.8 Å². The number of ketones is 1. The summed E-state index contributed by atoms with van der Waals surface area (Å²) in [4.78, 5) is 66.8. The van der Waals surface area contributed by atoms with Crippen molar-refractivity contribution in [2.24, 2.45) is 17.8 Å². The number of Topliss-reactive ketones (excluding diaryl/α,β-unsaturated/α-hetero) is 1. The number of ether oxygens (including phenoxy) is 1. The van der Waals surface area contributed by atoms with Crippen LogP contribution in [0, 0.1) is 17.8 Å². The summed E-state index contributed by atoms with van der Waals surface area (Å²) >= 11 is 0. The number of rotatable bonds is 7. The fourth-order valence-corrected chi connectivity index (χ4v) is 6.89. The van der Waals surface area contributed by atoms with Crippen LogP contribution in [0.3, 0.4) is 0 Å². The lowest BCUT2D eigenvalue weighted by Crippen LogP contribution is -2.49. The van der Waals surface area contributed by atoms with Gasteiger partial charge in [-0.05, 0) is 47.2 Å². The van der Waals surface area contributed by atoms with E-state index >= 15 is 0 Å². The highest BCUT2D eigenvalue weighted by atomic mass is 16.5. The quantitative estimate of drug-likeness (QED) is 0.267. The van der Waals surface area contributed by atoms with E-state index in [1.807, 2.05) is 48.5 Å². The Bertz CT molecular complexity index is 1490. The van der Waals surface area contributed by atoms with E-state index in [1.165, 1.54) is 13.0 Å². The Morgan fingerprint density at radius 2 is 1.32 bits per heavy atom. The number of nitrogens with zero attached hydrogens (tertiary/aromatic N) is 1. The van der Waals surface area contributed by atoms with Gasteiger partial charge in [-0.2, -0.15) is 0 Å². The van der Waals surface area contributed by atoms with E-state index in [0.717, 1.165) is 27.2 Å². The monoisotopic (exact) mass is 550 g/mol. The van der Waals surface area contributed by atoms with Crippen molar-refractivity contribution in [2.45, 2.75) is 38.6 Å². The third-order valence-corrected chi connectivity index (χ3v) is 8.53. The van der Waals surface area contributed by atoms with Gasteiger partial charge < -0.3 is 10.1 Å². The number of carbonyl (C=O) groups is 5. The summed E-state index contributed by atoms with van der Waals surface area (Å²) < 4.78 is 5.37. The molecular weight excluding hydrogens is 520 g/mol. The van der Waals surface area contributed by atoms with Crippen LogP contribution < -0.4 is 5.32 Å². The molecule has 208 valence electrons. The first-order valence-electron chi connectivity index (χ1n) is 13.8. The van der Waals surface area contributed by atoms with Crippen LogP contribution in [0.15, 0.2) is 72.8 Å². The zero-order valence-electron chi connectivity index (χ0n) is 23.0. The molecule has 8 nitrogen and oxygen atoms in total. The van der Waals surface area contributed by atoms with Gasteiger partial charge in [0.15, 0.2) is 12.4 Å². The molecule has 8 heteroatoms. The number of carbonyl (C=O) groups excluding carboxylic acids is 5. The number of benzene rings is 3. The largest absolute Gasteiger partial charge is 0.454 e. The van der Waals surface area contributed by atoms with Gasteiger partial charge in [-0.1, -0.05) is 74.5 Å². The predicted octanol–water partition coefficient (Wildman–Crippen LogP) is 4.29. The molecule has 4 aliphatic rings. The van der Waals surface area contributed by atoms with Crippen LogP contribution in [0.4, 0.5) is 5.69 Å². The molecule has 1 aliphatic heterocycles. The molecule has 0 saturated carbocycles. The van der Waals surface area contributed by atoms with E-state index in [-0.39, 0.29) is 29.4 Å². The second-order valence-corrected chi connectivity index (χ2v) is 11.3. The summed E-state index contributed by atoms with van der Waals surface area (Å²) in [5.74, 6) is -4.51. The number of anilines is 1. The first kappa shape index (κ1) is 26.6. The molecule has 0 unspecified atom stereocenters. The van der Waals surface area contributed by atoms with Crippen molar-refractivity contribution in [1.29, 1.82) is 0 Å². The second kappa shape index (κ2) is 10.1. The van der Waals surface area contributed by atoms with Crippen molar-refractivity contribution >= 4 is 35.2 Å². The molecule has 0 spiro atoms. The molecular formula is C33H30N2O6. The van der Waals surface area contributed by atoms with E-state index in [0.29, 0.717) is 11.3 Å². The van der Waals surface area contributed by atoms with E-state index in [1.54, 1.807) is 32.0 Å². The van der Waals surface area contributed by atoms with Crippen LogP contribution in [0.25, 0.3) is 0 Å². The van der Waals surface area contributed by atoms with Gasteiger partial charge in [-0.15, -0.1) is 0 Å². The fraction of sp³-hybridized carbons (Fsp3) is 0.303. The molecule has 1 heterocycles. The van der Waals surface area contributed by atoms with E-state index in [9.17, 15) is 24.0 Å². The van der Waals surface area contributed by atoms with Crippen molar-refractivity contribution in [3.05, 3.63) is 101 Å². The van der Waals surface area contributed by atoms with Gasteiger partial charge in [0.1, 0.15) is 6.04 Å². The van der Waals surface area contributed by atoms with E-state index < -0.39 is 42.3 Å². The molecule has 2 bridgehead atoms. The maximum absolute atomic E-state index is 14.1. The lowest BCUT2D eigenvalue weighted by atomic mass is 9.55. The zero-order valence-corrected chi connectivity index (χ0v) is 23.0. The molecule has 3 aromatic rings. The third-order valence-electron chi connectivity index (χ3n) is 8.53. The lowest BCUT2D eigenvalue weighted by molar-refractivity contribution is -0.162. The lowest BCUT2D eigenvalue weighted by Gasteiger charge is -2.45. The Labute approximate surface area is 237 Å². The number of likely N-dealkylation sites (tertiary alicyclic amines) is 1. The number of amides is 3. The maximum atomic E-state index is 14.1. The Morgan fingerprint density at radius 3 is 1.78 bits per heavy atom. The van der Waals surface area contributed by atoms with Crippen molar-refractivity contribution in [1.82, 2.24) is 4.90 Å². The Morgan fingerprint density at radius 1 is 0.805 bits per heavy atom. The van der Waals surface area contributed by atoms with Gasteiger partial charge in [0, 0.05) is 23.1 Å². The minimum absolute atomic E-state index is 0.146. The van der Waals surface area contributed by atoms with Crippen LogP contribution >= 0.6 is 0 Å². The molecule has 0 radical (unpaired) electrons. The summed E-state index contributed by atoms with van der Waals surface area (Å²) in [5.41, 5.74) is 5.03. The average molecular weight is 551 g/mol. The Balaban J connectivity index is 1.24. The standard InChI is InChI=1S/C33H30N2O6/c1-17(2)30(33(40)41-16-25(37)34-20-10-8-9-19(15-20)18(3)36)35-31(38)28-26-21-11-4-5-12-22(21)27(29(28)32(35)39)24-14-7-6-13-23(24)26/h4-15,17,26-30H,16H2,1-3H3,(H,34,37)/t26?,27?,28-,29+,30-/m0/s1. The molecule has 7 rings (SSSR count). The molecule has 41 heavy (non-hydrogen) atoms. The smallest absolute Gasteiger partial charge is 0.330 e. The predicted molar refractivity (Wildman–Crippen MR) is 150 cm³/mol. The minimum atomic E-state index is -1.17. The number of hydrogen-bond acceptors (Lipinski definition) is 6. The number of imide groups is 1. The highest BCUT2D eigenvalue weighted by molar-refractivity contribution is 6.10. The van der Waals surface area contributed by atoms with E-state index in [4.69, 9.17) is 4.74 Å². The number of hydrogen-bond donors (Lipinski definition) is 1. The number of esters is 1. The van der Waals surface area contributed by atoms with Gasteiger partial charge in [-0.25, -0.2) is 4.79 Å². The second-order valence-electron chi connectivity index (χ2n) is 11.3. The van der Waals surface area contributed by atoms with Crippen molar-refractivity contribution in [3.8, 4) is 0 Å². The van der Waals surface area contributed by atoms with E-state index in [2.05, 4.69) is 5.32 Å². The first-order valence-corrected chi connectivity index (χ1v) is 13.8. The van der Waals surface area contributed by atoms with Crippen LogP contribution in [-0.2, 0) is 23.9 Å². The first-order chi connectivity index (χ1) is 19.7. The molecule has 0 aromatic heterocycles. The summed E-state index contributed by atoms with van der Waals surface area (Å²) in [6.07, 6.45) is 0. The zero-order chi connectivity index (χ0) is 29.0. The van der Waals surface area contributed by atoms with Crippen LogP contribution in [-0.4, -0.2) is 47.0 Å². The van der Waals surface area contributed by atoms with Crippen molar-refractivity contribution in [3.63, 3.8) is 0 Å². The molecule has 3 aliphatic carbocycles. The van der Waals surface area contributed by atoms with Crippen molar-refractivity contribution < 1.29 is 28.7 Å². The van der Waals surface area contributed by atoms with Crippen LogP contribution in [0.2, 0.25) is 0 Å². The molecule has 3 aromatic carbocycles. The highest BCUT2D eigenvalue weighted by Gasteiger charge is 2.63. The summed E-state index contributed by atoms with van der Waals surface area (Å²) in [5, 5.41) is 2.61. The van der Waals surface area contributed by atoms with Crippen molar-refractivity contribution in [2.75, 3.05) is 11.9 Å². The Kier molecular flexibility index (Phi) is 6.56. The fourth-order valence-electron chi connectivity index (χ4n) is 6.89. The highest BCUT2D eigenvalue weighted by Crippen LogP contribution is 2.61. The van der Waals surface area contributed by atoms with Gasteiger partial charge >= 0.3 is 5.97 Å². The van der Waals surface area contributed by atoms with Crippen LogP contribution in [0.5, 0.6) is 0 Å². The van der Waals surface area contributed by atoms with Crippen LogP contribution in [0.1, 0.15) is 65.2 Å².